The van der Waals surface area contributed by atoms with Crippen LogP contribution in [-0.4, -0.2) is 41.0 Å². The minimum Gasteiger partial charge on any atom is -0.371 e. The molecule has 3 aliphatic rings. The number of anilines is 1. The maximum atomic E-state index is 13.0. The van der Waals surface area contributed by atoms with Gasteiger partial charge >= 0.3 is 0 Å². The van der Waals surface area contributed by atoms with Crippen molar-refractivity contribution < 1.29 is 9.59 Å². The average molecular weight is 384 g/mol. The van der Waals surface area contributed by atoms with Gasteiger partial charge in [0.1, 0.15) is 5.57 Å². The Kier molecular flexibility index (Phi) is 4.76. The molecule has 0 unspecified atom stereocenters. The summed E-state index contributed by atoms with van der Waals surface area (Å²) in [6.07, 6.45) is 6.93. The predicted octanol–water partition coefficient (Wildman–Crippen LogP) is 2.81. The zero-order chi connectivity index (χ0) is 19.1. The van der Waals surface area contributed by atoms with Gasteiger partial charge in [-0.3, -0.25) is 19.8 Å². The Morgan fingerprint density at radius 3 is 2.41 bits per heavy atom. The maximum absolute atomic E-state index is 13.0. The van der Waals surface area contributed by atoms with E-state index in [4.69, 9.17) is 12.2 Å². The first kappa shape index (κ1) is 18.2. The van der Waals surface area contributed by atoms with Crippen LogP contribution in [0.25, 0.3) is 6.08 Å². The third kappa shape index (κ3) is 3.16. The molecule has 3 heterocycles. The van der Waals surface area contributed by atoms with E-state index in [-0.39, 0.29) is 22.6 Å². The highest BCUT2D eigenvalue weighted by Crippen LogP contribution is 2.36. The van der Waals surface area contributed by atoms with Gasteiger partial charge in [-0.25, -0.2) is 0 Å². The van der Waals surface area contributed by atoms with Crippen LogP contribution in [0.4, 0.5) is 5.69 Å². The van der Waals surface area contributed by atoms with Crippen molar-refractivity contribution in [2.75, 3.05) is 18.0 Å². The van der Waals surface area contributed by atoms with Gasteiger partial charge in [0, 0.05) is 24.8 Å². The second-order valence-electron chi connectivity index (χ2n) is 7.63. The van der Waals surface area contributed by atoms with E-state index in [9.17, 15) is 9.59 Å². The van der Waals surface area contributed by atoms with E-state index in [1.54, 1.807) is 6.08 Å². The van der Waals surface area contributed by atoms with Crippen LogP contribution in [0.15, 0.2) is 17.7 Å². The van der Waals surface area contributed by atoms with Crippen molar-refractivity contribution in [3.8, 4) is 0 Å². The summed E-state index contributed by atoms with van der Waals surface area (Å²) >= 11 is 5.22. The molecular weight excluding hydrogens is 358 g/mol. The fourth-order valence-electron chi connectivity index (χ4n) is 4.33. The zero-order valence-corrected chi connectivity index (χ0v) is 16.7. The van der Waals surface area contributed by atoms with Crippen molar-refractivity contribution in [2.45, 2.75) is 52.0 Å². The standard InChI is InChI=1S/C21H25N3O2S/c1-3-13(2)24-20(26)17(19(25)22-21(24)27)12-14-10-15-6-4-8-23-9-5-7-16(11-14)18(15)23/h10-13H,3-9H2,1-2H3,(H,22,25,27)/b17-12-/t13-/m0/s1. The molecule has 0 saturated carbocycles. The van der Waals surface area contributed by atoms with Crippen molar-refractivity contribution >= 4 is 40.9 Å². The van der Waals surface area contributed by atoms with Gasteiger partial charge in [-0.05, 0) is 86.1 Å². The van der Waals surface area contributed by atoms with E-state index in [0.29, 0.717) is 0 Å². The summed E-state index contributed by atoms with van der Waals surface area (Å²) in [5.74, 6) is -0.705. The summed E-state index contributed by atoms with van der Waals surface area (Å²) in [6.45, 7) is 6.20. The number of amides is 2. The summed E-state index contributed by atoms with van der Waals surface area (Å²) in [5, 5.41) is 2.88. The number of rotatable bonds is 3. The van der Waals surface area contributed by atoms with E-state index in [2.05, 4.69) is 22.3 Å². The van der Waals surface area contributed by atoms with Crippen LogP contribution in [0, 0.1) is 0 Å². The van der Waals surface area contributed by atoms with E-state index >= 15 is 0 Å². The molecule has 4 rings (SSSR count). The second kappa shape index (κ2) is 7.08. The summed E-state index contributed by atoms with van der Waals surface area (Å²) in [4.78, 5) is 29.4. The molecule has 6 heteroatoms. The number of nitrogens with zero attached hydrogens (tertiary/aromatic N) is 2. The first-order valence-electron chi connectivity index (χ1n) is 9.81. The first-order valence-corrected chi connectivity index (χ1v) is 10.2. The highest BCUT2D eigenvalue weighted by atomic mass is 32.1. The SMILES string of the molecule is CC[C@H](C)N1C(=O)/C(=C\c2cc3c4c(c2)CCCN4CCC3)C(=O)NC1=S. The van der Waals surface area contributed by atoms with Gasteiger partial charge in [-0.15, -0.1) is 0 Å². The van der Waals surface area contributed by atoms with Gasteiger partial charge < -0.3 is 4.90 Å². The van der Waals surface area contributed by atoms with Crippen molar-refractivity contribution in [1.82, 2.24) is 10.2 Å². The fourth-order valence-corrected chi connectivity index (χ4v) is 4.69. The lowest BCUT2D eigenvalue weighted by Crippen LogP contribution is -2.56. The first-order chi connectivity index (χ1) is 13.0. The monoisotopic (exact) mass is 383 g/mol. The quantitative estimate of drug-likeness (QED) is 0.495. The predicted molar refractivity (Wildman–Crippen MR) is 111 cm³/mol. The number of benzene rings is 1. The Hall–Kier alpha value is -2.21. The molecule has 2 amide bonds. The lowest BCUT2D eigenvalue weighted by atomic mass is 9.89. The number of thiocarbonyl (C=S) groups is 1. The summed E-state index contributed by atoms with van der Waals surface area (Å²) < 4.78 is 0. The summed E-state index contributed by atoms with van der Waals surface area (Å²) in [7, 11) is 0. The van der Waals surface area contributed by atoms with Crippen LogP contribution in [0.2, 0.25) is 0 Å². The van der Waals surface area contributed by atoms with Gasteiger partial charge in [0.15, 0.2) is 5.11 Å². The van der Waals surface area contributed by atoms with Gasteiger partial charge in [0.05, 0.1) is 0 Å². The van der Waals surface area contributed by atoms with E-state index < -0.39 is 5.91 Å². The zero-order valence-electron chi connectivity index (χ0n) is 15.9. The molecule has 0 bridgehead atoms. The van der Waals surface area contributed by atoms with Crippen molar-refractivity contribution in [3.63, 3.8) is 0 Å². The Labute approximate surface area is 165 Å². The summed E-state index contributed by atoms with van der Waals surface area (Å²) in [5.41, 5.74) is 5.16. The number of carbonyl (C=O) groups excluding carboxylic acids is 2. The molecule has 1 aromatic carbocycles. The number of aryl methyl sites for hydroxylation is 2. The number of hydrogen-bond acceptors (Lipinski definition) is 4. The molecule has 1 saturated heterocycles. The molecule has 0 aliphatic carbocycles. The van der Waals surface area contributed by atoms with Gasteiger partial charge in [-0.2, -0.15) is 0 Å². The molecule has 27 heavy (non-hydrogen) atoms. The molecule has 142 valence electrons. The third-order valence-corrected chi connectivity index (χ3v) is 6.13. The Bertz CT molecular complexity index is 830. The van der Waals surface area contributed by atoms with Crippen LogP contribution in [0.1, 0.15) is 49.8 Å². The molecular formula is C21H25N3O2S. The van der Waals surface area contributed by atoms with E-state index in [1.807, 2.05) is 13.8 Å². The van der Waals surface area contributed by atoms with Crippen molar-refractivity contribution in [1.29, 1.82) is 0 Å². The average Bonchev–Trinajstić information content (AvgIpc) is 2.65. The summed E-state index contributed by atoms with van der Waals surface area (Å²) in [6, 6.07) is 4.24. The molecule has 3 aliphatic heterocycles. The van der Waals surface area contributed by atoms with Crippen molar-refractivity contribution in [2.24, 2.45) is 0 Å². The highest BCUT2D eigenvalue weighted by molar-refractivity contribution is 7.80. The second-order valence-corrected chi connectivity index (χ2v) is 8.02. The molecule has 0 radical (unpaired) electrons. The highest BCUT2D eigenvalue weighted by Gasteiger charge is 2.35. The lowest BCUT2D eigenvalue weighted by Gasteiger charge is -2.37. The minimum atomic E-state index is -0.405. The van der Waals surface area contributed by atoms with Gasteiger partial charge in [0.25, 0.3) is 11.8 Å². The normalized spacial score (nSPS) is 22.0. The van der Waals surface area contributed by atoms with Gasteiger partial charge in [0.2, 0.25) is 0 Å². The molecule has 5 nitrogen and oxygen atoms in total. The number of hydrogen-bond donors (Lipinski definition) is 1. The Balaban J connectivity index is 1.73. The molecule has 1 fully saturated rings. The fraction of sp³-hybridized carbons (Fsp3) is 0.476. The largest absolute Gasteiger partial charge is 0.371 e. The van der Waals surface area contributed by atoms with Crippen LogP contribution in [0.3, 0.4) is 0 Å². The Morgan fingerprint density at radius 1 is 1.19 bits per heavy atom. The van der Waals surface area contributed by atoms with Crippen LogP contribution in [0.5, 0.6) is 0 Å². The Morgan fingerprint density at radius 2 is 1.81 bits per heavy atom. The van der Waals surface area contributed by atoms with Crippen LogP contribution in [-0.2, 0) is 22.4 Å². The topological polar surface area (TPSA) is 52.7 Å². The molecule has 1 N–H and O–H groups in total. The maximum Gasteiger partial charge on any atom is 0.265 e. The minimum absolute atomic E-state index is 0.0488. The van der Waals surface area contributed by atoms with E-state index in [0.717, 1.165) is 50.8 Å². The van der Waals surface area contributed by atoms with Crippen LogP contribution >= 0.6 is 12.2 Å². The van der Waals surface area contributed by atoms with Crippen LogP contribution < -0.4 is 10.2 Å². The third-order valence-electron chi connectivity index (χ3n) is 5.83. The van der Waals surface area contributed by atoms with Gasteiger partial charge in [-0.1, -0.05) is 6.92 Å². The molecule has 0 aromatic heterocycles. The number of nitrogens with one attached hydrogen (secondary N) is 1. The smallest absolute Gasteiger partial charge is 0.265 e. The molecule has 0 spiro atoms. The van der Waals surface area contributed by atoms with E-state index in [1.165, 1.54) is 21.7 Å². The molecule has 1 atom stereocenters. The van der Waals surface area contributed by atoms with Crippen molar-refractivity contribution in [3.05, 3.63) is 34.4 Å². The lowest BCUT2D eigenvalue weighted by molar-refractivity contribution is -0.130. The number of carbonyl (C=O) groups is 2. The molecule has 1 aromatic rings.